The van der Waals surface area contributed by atoms with Crippen LogP contribution in [0.15, 0.2) is 84.1 Å². The lowest BCUT2D eigenvalue weighted by Crippen LogP contribution is -2.11. The summed E-state index contributed by atoms with van der Waals surface area (Å²) in [5.41, 5.74) is 10.3. The number of rotatable bonds is 9. The Morgan fingerprint density at radius 1 is 1.02 bits per heavy atom. The first-order chi connectivity index (χ1) is 19.1. The molecule has 0 amide bonds. The van der Waals surface area contributed by atoms with Crippen molar-refractivity contribution in [2.75, 3.05) is 19.8 Å². The molecule has 0 saturated heterocycles. The number of azide groups is 1. The zero-order valence-corrected chi connectivity index (χ0v) is 22.2. The first-order valence-corrected chi connectivity index (χ1v) is 11.7. The zero-order chi connectivity index (χ0) is 29.9. The molecule has 12 heteroatoms. The van der Waals surface area contributed by atoms with Gasteiger partial charge in [0.25, 0.3) is 0 Å². The molecular weight excluding hydrogens is 516 g/mol. The number of carbonyl (C=O) groups is 2. The van der Waals surface area contributed by atoms with Crippen LogP contribution in [0.5, 0.6) is 11.5 Å². The van der Waals surface area contributed by atoms with Gasteiger partial charge in [0, 0.05) is 21.6 Å². The number of terminal acetylenes is 1. The van der Waals surface area contributed by atoms with Crippen LogP contribution in [0.2, 0.25) is 0 Å². The van der Waals surface area contributed by atoms with Crippen LogP contribution in [0.1, 0.15) is 19.4 Å². The molecule has 1 aromatic heterocycles. The molecule has 2 N–H and O–H groups in total. The summed E-state index contributed by atoms with van der Waals surface area (Å²) < 4.78 is 11.1. The second-order valence-corrected chi connectivity index (χ2v) is 7.83. The Labute approximate surface area is 231 Å². The lowest BCUT2D eigenvalue weighted by Gasteiger charge is -2.03. The maximum absolute atomic E-state index is 11.2. The molecule has 0 unspecified atom stereocenters. The van der Waals surface area contributed by atoms with E-state index < -0.39 is 11.9 Å². The molecule has 0 saturated carbocycles. The Morgan fingerprint density at radius 3 is 2.12 bits per heavy atom. The van der Waals surface area contributed by atoms with Crippen LogP contribution >= 0.6 is 0 Å². The maximum atomic E-state index is 11.2. The highest BCUT2D eigenvalue weighted by Gasteiger charge is 2.09. The van der Waals surface area contributed by atoms with Crippen molar-refractivity contribution in [2.45, 2.75) is 20.4 Å². The molecule has 0 fully saturated rings. The van der Waals surface area contributed by atoms with E-state index in [4.69, 9.17) is 21.8 Å². The van der Waals surface area contributed by atoms with E-state index in [-0.39, 0.29) is 31.3 Å². The Balaban J connectivity index is 0.000000337. The van der Waals surface area contributed by atoms with Crippen molar-refractivity contribution < 1.29 is 29.3 Å². The number of phenolic OH excluding ortho intramolecular Hbond substituents is 2. The number of phenols is 2. The zero-order valence-electron chi connectivity index (χ0n) is 22.2. The quantitative estimate of drug-likeness (QED) is 0.0747. The van der Waals surface area contributed by atoms with E-state index in [1.807, 2.05) is 6.07 Å². The Hall–Kier alpha value is -5.53. The van der Waals surface area contributed by atoms with Crippen molar-refractivity contribution in [3.8, 4) is 35.1 Å². The first kappa shape index (κ1) is 32.5. The molecule has 0 aliphatic carbocycles. The van der Waals surface area contributed by atoms with Gasteiger partial charge >= 0.3 is 11.9 Å². The van der Waals surface area contributed by atoms with Crippen LogP contribution in [-0.4, -0.2) is 56.9 Å². The Bertz CT molecular complexity index is 1400. The Morgan fingerprint density at radius 2 is 1.60 bits per heavy atom. The predicted octanol–water partition coefficient (Wildman–Crippen LogP) is 4.56. The second-order valence-electron chi connectivity index (χ2n) is 7.83. The van der Waals surface area contributed by atoms with Crippen LogP contribution in [0, 0.1) is 12.3 Å². The van der Waals surface area contributed by atoms with E-state index in [2.05, 4.69) is 44.2 Å². The van der Waals surface area contributed by atoms with Gasteiger partial charge in [0.05, 0.1) is 31.5 Å². The normalized spacial score (nSPS) is 9.22. The third-order valence-electron chi connectivity index (χ3n) is 4.52. The molecule has 3 aromatic rings. The number of aromatic hydroxyl groups is 2. The summed E-state index contributed by atoms with van der Waals surface area (Å²) in [6, 6.07) is 13.7. The average Bonchev–Trinajstić information content (AvgIpc) is 3.40. The third-order valence-corrected chi connectivity index (χ3v) is 4.52. The summed E-state index contributed by atoms with van der Waals surface area (Å²) in [7, 11) is 0. The Kier molecular flexibility index (Phi) is 14.5. The minimum absolute atomic E-state index is 0.107. The lowest BCUT2D eigenvalue weighted by atomic mass is 10.1. The van der Waals surface area contributed by atoms with E-state index in [1.54, 1.807) is 67.2 Å². The smallest absolute Gasteiger partial charge is 0.333 e. The highest BCUT2D eigenvalue weighted by Crippen LogP contribution is 2.26. The summed E-state index contributed by atoms with van der Waals surface area (Å²) in [4.78, 5) is 24.3. The van der Waals surface area contributed by atoms with Gasteiger partial charge in [-0.3, -0.25) is 0 Å². The van der Waals surface area contributed by atoms with Crippen LogP contribution in [0.3, 0.4) is 0 Å². The number of aromatic nitrogens is 3. The molecule has 12 nitrogen and oxygen atoms in total. The van der Waals surface area contributed by atoms with Gasteiger partial charge in [0.1, 0.15) is 23.8 Å². The summed E-state index contributed by atoms with van der Waals surface area (Å²) in [5, 5.41) is 29.8. The predicted molar refractivity (Wildman–Crippen MR) is 149 cm³/mol. The van der Waals surface area contributed by atoms with Crippen LogP contribution in [0.25, 0.3) is 21.7 Å². The monoisotopic (exact) mass is 546 g/mol. The molecule has 0 atom stereocenters. The van der Waals surface area contributed by atoms with Crippen molar-refractivity contribution in [3.05, 3.63) is 95.0 Å². The largest absolute Gasteiger partial charge is 0.507 e. The minimum atomic E-state index is -0.460. The van der Waals surface area contributed by atoms with Gasteiger partial charge in [-0.2, -0.15) is 0 Å². The number of ether oxygens (including phenoxy) is 2. The molecule has 2 aromatic carbocycles. The summed E-state index contributed by atoms with van der Waals surface area (Å²) in [6.07, 6.45) is 6.72. The van der Waals surface area contributed by atoms with Gasteiger partial charge in [-0.05, 0) is 43.6 Å². The number of nitrogens with zero attached hydrogens (tertiary/aromatic N) is 6. The van der Waals surface area contributed by atoms with Gasteiger partial charge in [-0.15, -0.1) is 11.5 Å². The lowest BCUT2D eigenvalue weighted by molar-refractivity contribution is -0.139. The first-order valence-electron chi connectivity index (χ1n) is 11.7. The molecule has 1 heterocycles. The van der Waals surface area contributed by atoms with E-state index in [1.165, 1.54) is 0 Å². The van der Waals surface area contributed by atoms with E-state index in [9.17, 15) is 14.7 Å². The molecule has 0 bridgehead atoms. The van der Waals surface area contributed by atoms with Crippen LogP contribution < -0.4 is 0 Å². The van der Waals surface area contributed by atoms with E-state index >= 15 is 0 Å². The average molecular weight is 547 g/mol. The van der Waals surface area contributed by atoms with Crippen LogP contribution in [-0.2, 0) is 25.6 Å². The summed E-state index contributed by atoms with van der Waals surface area (Å²) >= 11 is 0. The number of carbonyl (C=O) groups excluding carboxylic acids is 2. The van der Waals surface area contributed by atoms with Gasteiger partial charge < -0.3 is 19.7 Å². The highest BCUT2D eigenvalue weighted by atomic mass is 16.5. The van der Waals surface area contributed by atoms with Gasteiger partial charge in [0.15, 0.2) is 0 Å². The molecule has 0 spiro atoms. The second kappa shape index (κ2) is 17.8. The SMILES string of the molecule is C#Cc1ccccc1O.C=C(C)C(=O)OCCN=[N+]=[N-].C=C(C)C(=O)OCCn1cc(-c2ccccc2O)nn1. The topological polar surface area (TPSA) is 173 Å². The number of hydrogen-bond acceptors (Lipinski definition) is 9. The van der Waals surface area contributed by atoms with Crippen LogP contribution in [0.4, 0.5) is 0 Å². The fourth-order valence-electron chi connectivity index (χ4n) is 2.52. The third kappa shape index (κ3) is 12.1. The minimum Gasteiger partial charge on any atom is -0.507 e. The number of esters is 2. The van der Waals surface area contributed by atoms with Crippen molar-refractivity contribution in [2.24, 2.45) is 5.11 Å². The van der Waals surface area contributed by atoms with Crippen molar-refractivity contribution >= 4 is 11.9 Å². The highest BCUT2D eigenvalue weighted by molar-refractivity contribution is 5.87. The molecule has 3 rings (SSSR count). The molecule has 0 aliphatic heterocycles. The molecule has 0 aliphatic rings. The number of hydrogen-bond donors (Lipinski definition) is 2. The van der Waals surface area contributed by atoms with Gasteiger partial charge in [-0.1, -0.05) is 53.7 Å². The van der Waals surface area contributed by atoms with Crippen molar-refractivity contribution in [1.82, 2.24) is 15.0 Å². The fourth-order valence-corrected chi connectivity index (χ4v) is 2.52. The van der Waals surface area contributed by atoms with E-state index in [0.717, 1.165) is 0 Å². The molecular formula is C28H30N6O6. The van der Waals surface area contributed by atoms with E-state index in [0.29, 0.717) is 34.5 Å². The van der Waals surface area contributed by atoms with Gasteiger partial charge in [-0.25, -0.2) is 14.3 Å². The molecule has 40 heavy (non-hydrogen) atoms. The number of benzene rings is 2. The molecule has 0 radical (unpaired) electrons. The van der Waals surface area contributed by atoms with Crippen molar-refractivity contribution in [1.29, 1.82) is 0 Å². The standard InChI is InChI=1S/C14H15N3O3.C8H6O.C6H9N3O2/c1-10(2)14(19)20-8-7-17-9-12(15-16-17)11-5-3-4-6-13(11)18;1-2-7-5-3-4-6-8(7)9;1-5(2)6(10)11-4-3-8-9-7/h3-6,9,18H,1,7-8H2,2H3;1,3-6,9H;1,3-4H2,2H3. The summed E-state index contributed by atoms with van der Waals surface area (Å²) in [5.74, 6) is 1.77. The van der Waals surface area contributed by atoms with Gasteiger partial charge in [0.2, 0.25) is 0 Å². The number of para-hydroxylation sites is 2. The molecule has 208 valence electrons. The van der Waals surface area contributed by atoms with Crippen molar-refractivity contribution in [3.63, 3.8) is 0 Å². The summed E-state index contributed by atoms with van der Waals surface area (Å²) in [6.45, 7) is 10.9. The maximum Gasteiger partial charge on any atom is 0.333 e. The fraction of sp³-hybridized carbons (Fsp3) is 0.214.